The van der Waals surface area contributed by atoms with Gasteiger partial charge in [0.2, 0.25) is 5.91 Å². The van der Waals surface area contributed by atoms with Crippen LogP contribution in [0.5, 0.6) is 0 Å². The van der Waals surface area contributed by atoms with Crippen molar-refractivity contribution in [3.8, 4) is 0 Å². The van der Waals surface area contributed by atoms with Crippen LogP contribution in [0.2, 0.25) is 0 Å². The highest BCUT2D eigenvalue weighted by molar-refractivity contribution is 8.13. The Kier molecular flexibility index (Phi) is 5.59. The van der Waals surface area contributed by atoms with Crippen LogP contribution in [-0.2, 0) is 26.8 Å². The van der Waals surface area contributed by atoms with Gasteiger partial charge in [-0.15, -0.1) is 0 Å². The van der Waals surface area contributed by atoms with Crippen molar-refractivity contribution in [3.05, 3.63) is 12.0 Å². The summed E-state index contributed by atoms with van der Waals surface area (Å²) in [7, 11) is 1.38. The first-order valence-electron chi connectivity index (χ1n) is 6.45. The first-order chi connectivity index (χ1) is 9.15. The molecule has 0 radical (unpaired) electrons. The molecule has 0 fully saturated rings. The molecule has 0 bridgehead atoms. The minimum atomic E-state index is -3.88. The number of hydrogen-bond donors (Lipinski definition) is 1. The zero-order chi connectivity index (χ0) is 15.5. The Morgan fingerprint density at radius 3 is 2.50 bits per heavy atom. The van der Waals surface area contributed by atoms with Crippen LogP contribution < -0.4 is 5.32 Å². The largest absolute Gasteiger partial charge is 0.352 e. The van der Waals surface area contributed by atoms with E-state index in [1.165, 1.54) is 10.8 Å². The molecule has 0 aliphatic rings. The summed E-state index contributed by atoms with van der Waals surface area (Å²) < 4.78 is 24.0. The molecule has 1 N–H and O–H groups in total. The molecule has 1 aromatic heterocycles. The SMILES string of the molecule is CCc1nc(S(=O)(=O)Cl)cn1CC(=O)NC(C)C(C)C. The Bertz CT molecular complexity index is 581. The Morgan fingerprint density at radius 2 is 2.05 bits per heavy atom. The van der Waals surface area contributed by atoms with Gasteiger partial charge in [-0.25, -0.2) is 13.4 Å². The summed E-state index contributed by atoms with van der Waals surface area (Å²) in [6.07, 6.45) is 1.81. The molecule has 0 saturated heterocycles. The van der Waals surface area contributed by atoms with Gasteiger partial charge in [-0.05, 0) is 12.8 Å². The number of amides is 1. The van der Waals surface area contributed by atoms with Crippen LogP contribution in [0.15, 0.2) is 11.2 Å². The van der Waals surface area contributed by atoms with Crippen LogP contribution in [0.25, 0.3) is 0 Å². The number of imidazole rings is 1. The van der Waals surface area contributed by atoms with Crippen LogP contribution in [0.3, 0.4) is 0 Å². The fourth-order valence-electron chi connectivity index (χ4n) is 1.59. The molecule has 1 heterocycles. The Morgan fingerprint density at radius 1 is 1.45 bits per heavy atom. The van der Waals surface area contributed by atoms with E-state index in [0.717, 1.165) is 0 Å². The lowest BCUT2D eigenvalue weighted by molar-refractivity contribution is -0.122. The van der Waals surface area contributed by atoms with Crippen molar-refractivity contribution in [2.24, 2.45) is 5.92 Å². The molecular weight excluding hydrogens is 302 g/mol. The third-order valence-electron chi connectivity index (χ3n) is 3.11. The number of hydrogen-bond acceptors (Lipinski definition) is 4. The molecule has 0 aliphatic carbocycles. The second-order valence-electron chi connectivity index (χ2n) is 5.01. The number of aryl methyl sites for hydroxylation is 1. The number of nitrogens with zero attached hydrogens (tertiary/aromatic N) is 2. The summed E-state index contributed by atoms with van der Waals surface area (Å²) in [5.74, 6) is 0.652. The van der Waals surface area contributed by atoms with Crippen molar-refractivity contribution in [1.29, 1.82) is 0 Å². The molecule has 0 aromatic carbocycles. The van der Waals surface area contributed by atoms with Gasteiger partial charge in [0.1, 0.15) is 12.4 Å². The molecule has 114 valence electrons. The molecule has 0 aliphatic heterocycles. The van der Waals surface area contributed by atoms with Crippen molar-refractivity contribution in [2.45, 2.75) is 51.7 Å². The fraction of sp³-hybridized carbons (Fsp3) is 0.667. The van der Waals surface area contributed by atoms with E-state index >= 15 is 0 Å². The number of carbonyl (C=O) groups is 1. The molecular formula is C12H20ClN3O3S. The maximum absolute atomic E-state index is 11.9. The van der Waals surface area contributed by atoms with E-state index in [4.69, 9.17) is 10.7 Å². The molecule has 1 atom stereocenters. The van der Waals surface area contributed by atoms with Gasteiger partial charge >= 0.3 is 0 Å². The summed E-state index contributed by atoms with van der Waals surface area (Å²) in [6.45, 7) is 7.80. The summed E-state index contributed by atoms with van der Waals surface area (Å²) in [5.41, 5.74) is 0. The number of rotatable bonds is 6. The van der Waals surface area contributed by atoms with Gasteiger partial charge in [0, 0.05) is 29.3 Å². The summed E-state index contributed by atoms with van der Waals surface area (Å²) >= 11 is 0. The number of nitrogens with one attached hydrogen (secondary N) is 1. The van der Waals surface area contributed by atoms with Gasteiger partial charge in [-0.2, -0.15) is 0 Å². The highest BCUT2D eigenvalue weighted by Crippen LogP contribution is 2.15. The molecule has 1 unspecified atom stereocenters. The van der Waals surface area contributed by atoms with Crippen molar-refractivity contribution >= 4 is 25.6 Å². The van der Waals surface area contributed by atoms with Crippen LogP contribution in [-0.4, -0.2) is 29.9 Å². The van der Waals surface area contributed by atoms with E-state index in [9.17, 15) is 13.2 Å². The Labute approximate surface area is 123 Å². The van der Waals surface area contributed by atoms with Gasteiger partial charge in [0.15, 0.2) is 5.03 Å². The maximum atomic E-state index is 11.9. The van der Waals surface area contributed by atoms with Crippen LogP contribution in [0, 0.1) is 5.92 Å². The number of carbonyl (C=O) groups excluding carboxylic acids is 1. The zero-order valence-corrected chi connectivity index (χ0v) is 13.6. The normalized spacial score (nSPS) is 13.5. The van der Waals surface area contributed by atoms with E-state index in [2.05, 4.69) is 10.3 Å². The minimum absolute atomic E-state index is 0.0274. The lowest BCUT2D eigenvalue weighted by Crippen LogP contribution is -2.38. The third kappa shape index (κ3) is 4.49. The average Bonchev–Trinajstić information content (AvgIpc) is 2.71. The molecule has 0 spiro atoms. The van der Waals surface area contributed by atoms with E-state index in [1.807, 2.05) is 27.7 Å². The van der Waals surface area contributed by atoms with E-state index in [0.29, 0.717) is 18.2 Å². The number of aromatic nitrogens is 2. The molecule has 1 aromatic rings. The fourth-order valence-corrected chi connectivity index (χ4v) is 2.28. The summed E-state index contributed by atoms with van der Waals surface area (Å²) in [5, 5.41) is 2.64. The van der Waals surface area contributed by atoms with Crippen LogP contribution in [0.4, 0.5) is 0 Å². The third-order valence-corrected chi connectivity index (χ3v) is 4.28. The predicted octanol–water partition coefficient (Wildman–Crippen LogP) is 1.53. The first kappa shape index (κ1) is 17.0. The summed E-state index contributed by atoms with van der Waals surface area (Å²) in [6, 6.07) is 0.0485. The van der Waals surface area contributed by atoms with Crippen molar-refractivity contribution in [2.75, 3.05) is 0 Å². The summed E-state index contributed by atoms with van der Waals surface area (Å²) in [4.78, 5) is 15.8. The molecule has 0 saturated carbocycles. The van der Waals surface area contributed by atoms with E-state index < -0.39 is 9.05 Å². The molecule has 6 nitrogen and oxygen atoms in total. The van der Waals surface area contributed by atoms with Gasteiger partial charge in [0.05, 0.1) is 0 Å². The quantitative estimate of drug-likeness (QED) is 0.806. The second-order valence-corrected chi connectivity index (χ2v) is 7.53. The van der Waals surface area contributed by atoms with Gasteiger partial charge in [-0.3, -0.25) is 4.79 Å². The van der Waals surface area contributed by atoms with Crippen molar-refractivity contribution in [1.82, 2.24) is 14.9 Å². The lowest BCUT2D eigenvalue weighted by atomic mass is 10.1. The first-order valence-corrected chi connectivity index (χ1v) is 8.76. The zero-order valence-electron chi connectivity index (χ0n) is 12.1. The Hall–Kier alpha value is -1.08. The molecule has 8 heteroatoms. The second kappa shape index (κ2) is 6.58. The topological polar surface area (TPSA) is 81.1 Å². The predicted molar refractivity (Wildman–Crippen MR) is 77.1 cm³/mol. The van der Waals surface area contributed by atoms with E-state index in [-0.39, 0.29) is 23.5 Å². The molecule has 1 amide bonds. The average molecular weight is 322 g/mol. The molecule has 1 rings (SSSR count). The van der Waals surface area contributed by atoms with E-state index in [1.54, 1.807) is 0 Å². The molecule has 20 heavy (non-hydrogen) atoms. The Balaban J connectivity index is 2.87. The lowest BCUT2D eigenvalue weighted by Gasteiger charge is -2.17. The van der Waals surface area contributed by atoms with Gasteiger partial charge < -0.3 is 9.88 Å². The maximum Gasteiger partial charge on any atom is 0.280 e. The van der Waals surface area contributed by atoms with Crippen molar-refractivity contribution < 1.29 is 13.2 Å². The number of halogens is 1. The minimum Gasteiger partial charge on any atom is -0.352 e. The smallest absolute Gasteiger partial charge is 0.280 e. The highest BCUT2D eigenvalue weighted by Gasteiger charge is 2.19. The van der Waals surface area contributed by atoms with Crippen molar-refractivity contribution in [3.63, 3.8) is 0 Å². The monoisotopic (exact) mass is 321 g/mol. The standard InChI is InChI=1S/C12H20ClN3O3S/c1-5-10-15-12(20(13,18)19)7-16(10)6-11(17)14-9(4)8(2)3/h7-9H,5-6H2,1-4H3,(H,14,17). The van der Waals surface area contributed by atoms with Gasteiger partial charge in [0.25, 0.3) is 9.05 Å². The van der Waals surface area contributed by atoms with Crippen LogP contribution in [0.1, 0.15) is 33.5 Å². The van der Waals surface area contributed by atoms with Gasteiger partial charge in [-0.1, -0.05) is 20.8 Å². The highest BCUT2D eigenvalue weighted by atomic mass is 35.7. The van der Waals surface area contributed by atoms with Crippen LogP contribution >= 0.6 is 10.7 Å².